The van der Waals surface area contributed by atoms with Gasteiger partial charge in [0, 0.05) is 24.4 Å². The Hall–Kier alpha value is 0.270. The first kappa shape index (κ1) is 11.4. The number of nitrogens with one attached hydrogen (secondary N) is 1. The van der Waals surface area contributed by atoms with Gasteiger partial charge in [-0.2, -0.15) is 11.8 Å². The topological polar surface area (TPSA) is 15.3 Å². The molecule has 3 aliphatic rings. The molecule has 16 heavy (non-hydrogen) atoms. The van der Waals surface area contributed by atoms with Gasteiger partial charge in [0.15, 0.2) is 0 Å². The van der Waals surface area contributed by atoms with Crippen LogP contribution in [0.5, 0.6) is 0 Å². The zero-order valence-corrected chi connectivity index (χ0v) is 11.0. The monoisotopic (exact) mass is 240 g/mol. The molecule has 0 aromatic heterocycles. The molecule has 2 unspecified atom stereocenters. The summed E-state index contributed by atoms with van der Waals surface area (Å²) >= 11 is 2.14. The van der Waals surface area contributed by atoms with Crippen LogP contribution in [0.3, 0.4) is 0 Å². The maximum absolute atomic E-state index is 3.71. The molecule has 0 amide bonds. The molecule has 1 aliphatic heterocycles. The van der Waals surface area contributed by atoms with Crippen LogP contribution in [-0.2, 0) is 0 Å². The fourth-order valence-electron chi connectivity index (χ4n) is 2.97. The average molecular weight is 240 g/mol. The Morgan fingerprint density at radius 3 is 2.75 bits per heavy atom. The van der Waals surface area contributed by atoms with Crippen LogP contribution < -0.4 is 5.32 Å². The summed E-state index contributed by atoms with van der Waals surface area (Å²) < 4.78 is 0. The van der Waals surface area contributed by atoms with Crippen LogP contribution >= 0.6 is 11.8 Å². The van der Waals surface area contributed by atoms with E-state index in [9.17, 15) is 0 Å². The van der Waals surface area contributed by atoms with Gasteiger partial charge in [0.2, 0.25) is 0 Å². The van der Waals surface area contributed by atoms with E-state index in [2.05, 4.69) is 22.0 Å². The third-order valence-corrected chi connectivity index (χ3v) is 5.40. The molecule has 3 rings (SSSR count). The second kappa shape index (κ2) is 5.28. The summed E-state index contributed by atoms with van der Waals surface area (Å²) in [5.41, 5.74) is 0. The fourth-order valence-corrected chi connectivity index (χ4v) is 3.87. The molecule has 0 radical (unpaired) electrons. The number of nitrogens with zero attached hydrogens (tertiary/aromatic N) is 1. The van der Waals surface area contributed by atoms with E-state index in [0.717, 1.165) is 18.0 Å². The van der Waals surface area contributed by atoms with Crippen molar-refractivity contribution >= 4 is 11.8 Å². The van der Waals surface area contributed by atoms with Gasteiger partial charge in [-0.3, -0.25) is 4.90 Å². The molecule has 2 aliphatic carbocycles. The highest BCUT2D eigenvalue weighted by Gasteiger charge is 2.36. The molecule has 3 heteroatoms. The fraction of sp³-hybridized carbons (Fsp3) is 1.00. The molecule has 1 N–H and O–H groups in total. The molecule has 0 spiro atoms. The van der Waals surface area contributed by atoms with Crippen molar-refractivity contribution < 1.29 is 0 Å². The summed E-state index contributed by atoms with van der Waals surface area (Å²) in [7, 11) is 0. The van der Waals surface area contributed by atoms with Crippen LogP contribution in [0.2, 0.25) is 0 Å². The zero-order valence-electron chi connectivity index (χ0n) is 10.2. The van der Waals surface area contributed by atoms with Crippen LogP contribution in [0.15, 0.2) is 0 Å². The molecular formula is C13H24N2S. The molecule has 2 nitrogen and oxygen atoms in total. The lowest BCUT2D eigenvalue weighted by molar-refractivity contribution is 0.0681. The molecule has 2 saturated carbocycles. The van der Waals surface area contributed by atoms with Crippen LogP contribution in [0.25, 0.3) is 0 Å². The normalized spacial score (nSPS) is 36.8. The van der Waals surface area contributed by atoms with Gasteiger partial charge in [-0.15, -0.1) is 0 Å². The van der Waals surface area contributed by atoms with Gasteiger partial charge in [-0.25, -0.2) is 0 Å². The number of hydrogen-bond donors (Lipinski definition) is 1. The summed E-state index contributed by atoms with van der Waals surface area (Å²) in [6, 6.07) is 1.81. The van der Waals surface area contributed by atoms with Gasteiger partial charge < -0.3 is 5.32 Å². The third-order valence-electron chi connectivity index (χ3n) is 4.35. The maximum Gasteiger partial charge on any atom is 0.0136 e. The van der Waals surface area contributed by atoms with Crippen molar-refractivity contribution in [2.24, 2.45) is 5.92 Å². The van der Waals surface area contributed by atoms with Crippen LogP contribution in [-0.4, -0.2) is 48.1 Å². The van der Waals surface area contributed by atoms with Gasteiger partial charge in [0.1, 0.15) is 0 Å². The van der Waals surface area contributed by atoms with Crippen LogP contribution in [0.4, 0.5) is 0 Å². The molecule has 1 saturated heterocycles. The molecular weight excluding hydrogens is 216 g/mol. The van der Waals surface area contributed by atoms with E-state index >= 15 is 0 Å². The second-order valence-corrected chi connectivity index (χ2v) is 6.81. The van der Waals surface area contributed by atoms with E-state index in [1.165, 1.54) is 63.2 Å². The highest BCUT2D eigenvalue weighted by atomic mass is 32.2. The Morgan fingerprint density at radius 1 is 1.06 bits per heavy atom. The molecule has 0 bridgehead atoms. The summed E-state index contributed by atoms with van der Waals surface area (Å²) in [4.78, 5) is 2.78. The molecule has 2 atom stereocenters. The average Bonchev–Trinajstić information content (AvgIpc) is 3.03. The largest absolute Gasteiger partial charge is 0.314 e. The first-order valence-corrected chi connectivity index (χ1v) is 8.14. The molecule has 0 aromatic carbocycles. The predicted octanol–water partition coefficient (Wildman–Crippen LogP) is 1.96. The molecule has 3 fully saturated rings. The van der Waals surface area contributed by atoms with E-state index in [1.807, 2.05) is 0 Å². The van der Waals surface area contributed by atoms with Gasteiger partial charge in [0.25, 0.3) is 0 Å². The Morgan fingerprint density at radius 2 is 2.00 bits per heavy atom. The quantitative estimate of drug-likeness (QED) is 0.809. The van der Waals surface area contributed by atoms with Crippen molar-refractivity contribution in [3.8, 4) is 0 Å². The van der Waals surface area contributed by atoms with Crippen molar-refractivity contribution in [1.29, 1.82) is 0 Å². The molecule has 92 valence electrons. The zero-order chi connectivity index (χ0) is 10.8. The number of hydrogen-bond acceptors (Lipinski definition) is 3. The summed E-state index contributed by atoms with van der Waals surface area (Å²) in [5.74, 6) is 3.71. The first-order chi connectivity index (χ1) is 7.93. The highest BCUT2D eigenvalue weighted by Crippen LogP contribution is 2.33. The smallest absolute Gasteiger partial charge is 0.0136 e. The van der Waals surface area contributed by atoms with E-state index in [-0.39, 0.29) is 0 Å². The van der Waals surface area contributed by atoms with E-state index in [4.69, 9.17) is 0 Å². The van der Waals surface area contributed by atoms with Crippen molar-refractivity contribution in [1.82, 2.24) is 10.2 Å². The Labute approximate surface area is 104 Å². The van der Waals surface area contributed by atoms with E-state index < -0.39 is 0 Å². The molecule has 1 heterocycles. The summed E-state index contributed by atoms with van der Waals surface area (Å²) in [6.45, 7) is 3.99. The van der Waals surface area contributed by atoms with Gasteiger partial charge in [-0.05, 0) is 56.9 Å². The lowest BCUT2D eigenvalue weighted by Crippen LogP contribution is -2.51. The number of thioether (sulfide) groups is 1. The lowest BCUT2D eigenvalue weighted by atomic mass is 9.78. The molecule has 0 aromatic rings. The Kier molecular flexibility index (Phi) is 3.75. The SMILES string of the molecule is C1CSCCN(C2CCC2CNC2CC2)C1. The van der Waals surface area contributed by atoms with Crippen molar-refractivity contribution in [3.63, 3.8) is 0 Å². The highest BCUT2D eigenvalue weighted by molar-refractivity contribution is 7.99. The Balaban J connectivity index is 1.45. The standard InChI is InChI=1S/C13H24N2S/c1-6-15(7-9-16-8-1)13-5-2-11(13)10-14-12-3-4-12/h11-14H,1-10H2. The van der Waals surface area contributed by atoms with Crippen molar-refractivity contribution in [2.75, 3.05) is 31.1 Å². The second-order valence-electron chi connectivity index (χ2n) is 5.59. The first-order valence-electron chi connectivity index (χ1n) is 6.98. The van der Waals surface area contributed by atoms with Crippen molar-refractivity contribution in [2.45, 2.75) is 44.2 Å². The van der Waals surface area contributed by atoms with Crippen LogP contribution in [0.1, 0.15) is 32.1 Å². The van der Waals surface area contributed by atoms with E-state index in [1.54, 1.807) is 0 Å². The summed E-state index contributed by atoms with van der Waals surface area (Å²) in [5, 5.41) is 3.71. The predicted molar refractivity (Wildman–Crippen MR) is 71.1 cm³/mol. The minimum atomic E-state index is 0.890. The van der Waals surface area contributed by atoms with E-state index in [0.29, 0.717) is 0 Å². The maximum atomic E-state index is 3.71. The summed E-state index contributed by atoms with van der Waals surface area (Å²) in [6.07, 6.45) is 7.19. The number of rotatable bonds is 4. The van der Waals surface area contributed by atoms with Crippen molar-refractivity contribution in [3.05, 3.63) is 0 Å². The minimum Gasteiger partial charge on any atom is -0.314 e. The van der Waals surface area contributed by atoms with Gasteiger partial charge in [0.05, 0.1) is 0 Å². The Bertz CT molecular complexity index is 222. The van der Waals surface area contributed by atoms with Gasteiger partial charge in [-0.1, -0.05) is 0 Å². The minimum absolute atomic E-state index is 0.890. The third kappa shape index (κ3) is 2.74. The lowest BCUT2D eigenvalue weighted by Gasteiger charge is -2.44. The van der Waals surface area contributed by atoms with Crippen LogP contribution in [0, 0.1) is 5.92 Å². The van der Waals surface area contributed by atoms with Gasteiger partial charge >= 0.3 is 0 Å².